The fourth-order valence-corrected chi connectivity index (χ4v) is 7.57. The monoisotopic (exact) mass is 676 g/mol. The van der Waals surface area contributed by atoms with Crippen molar-refractivity contribution in [3.8, 4) is 24.7 Å². The van der Waals surface area contributed by atoms with Gasteiger partial charge in [-0.2, -0.15) is 0 Å². The quantitative estimate of drug-likeness (QED) is 0.134. The summed E-state index contributed by atoms with van der Waals surface area (Å²) in [5.74, 6) is 6.59. The van der Waals surface area contributed by atoms with E-state index in [4.69, 9.17) is 22.3 Å². The summed E-state index contributed by atoms with van der Waals surface area (Å²) in [4.78, 5) is 34.1. The molecule has 6 atom stereocenters. The highest BCUT2D eigenvalue weighted by atomic mass is 16.5. The van der Waals surface area contributed by atoms with Gasteiger partial charge in [0.15, 0.2) is 0 Å². The van der Waals surface area contributed by atoms with Crippen molar-refractivity contribution >= 4 is 23.4 Å². The van der Waals surface area contributed by atoms with Gasteiger partial charge in [-0.3, -0.25) is 9.80 Å². The van der Waals surface area contributed by atoms with E-state index in [9.17, 15) is 9.59 Å². The highest BCUT2D eigenvalue weighted by Gasteiger charge is 2.50. The first-order valence-corrected chi connectivity index (χ1v) is 17.8. The van der Waals surface area contributed by atoms with E-state index in [-0.39, 0.29) is 36.2 Å². The molecule has 6 rings (SSSR count). The van der Waals surface area contributed by atoms with Crippen molar-refractivity contribution in [1.29, 1.82) is 0 Å². The second-order valence-corrected chi connectivity index (χ2v) is 14.6. The second-order valence-electron chi connectivity index (χ2n) is 14.6. The van der Waals surface area contributed by atoms with Crippen molar-refractivity contribution in [3.63, 3.8) is 0 Å². The van der Waals surface area contributed by atoms with Gasteiger partial charge in [-0.1, -0.05) is 102 Å². The molecule has 264 valence electrons. The molecule has 50 heavy (non-hydrogen) atoms. The first-order chi connectivity index (χ1) is 24.0. The van der Waals surface area contributed by atoms with Gasteiger partial charge in [-0.25, -0.2) is 9.59 Å². The Morgan fingerprint density at radius 1 is 0.620 bits per heavy atom. The smallest absolute Gasteiger partial charge is 0.325 e. The van der Waals surface area contributed by atoms with E-state index >= 15 is 0 Å². The molecule has 0 bridgehead atoms. The predicted octanol–water partition coefficient (Wildman–Crippen LogP) is 7.36. The van der Waals surface area contributed by atoms with Gasteiger partial charge in [0.05, 0.1) is 37.4 Å². The van der Waals surface area contributed by atoms with Crippen LogP contribution in [0.15, 0.2) is 72.8 Å². The number of carbonyl (C=O) groups excluding carboxylic acids is 2. The lowest BCUT2D eigenvalue weighted by Crippen LogP contribution is -2.40. The lowest BCUT2D eigenvalue weighted by Gasteiger charge is -2.27. The topological polar surface area (TPSA) is 65.6 Å². The molecule has 0 spiro atoms. The van der Waals surface area contributed by atoms with Crippen LogP contribution in [0, 0.1) is 48.4 Å². The van der Waals surface area contributed by atoms with Gasteiger partial charge in [0.2, 0.25) is 0 Å². The molecule has 0 unspecified atom stereocenters. The fourth-order valence-electron chi connectivity index (χ4n) is 7.57. The number of benzene rings is 2. The van der Waals surface area contributed by atoms with Crippen molar-refractivity contribution in [3.05, 3.63) is 84.0 Å². The van der Waals surface area contributed by atoms with E-state index in [1.54, 1.807) is 0 Å². The van der Waals surface area contributed by atoms with Crippen LogP contribution >= 0.6 is 0 Å². The van der Waals surface area contributed by atoms with E-state index in [0.717, 1.165) is 35.6 Å². The van der Waals surface area contributed by atoms with Gasteiger partial charge in [0.25, 0.3) is 0 Å². The van der Waals surface area contributed by atoms with Gasteiger partial charge in [0.1, 0.15) is 13.2 Å². The van der Waals surface area contributed by atoms with E-state index in [2.05, 4.69) is 77.7 Å². The Kier molecular flexibility index (Phi) is 12.1. The average Bonchev–Trinajstić information content (AvgIpc) is 3.80. The maximum Gasteiger partial charge on any atom is 0.325 e. The number of terminal acetylenes is 2. The lowest BCUT2D eigenvalue weighted by molar-refractivity contribution is 0.153. The highest BCUT2D eigenvalue weighted by Crippen LogP contribution is 2.39. The molecule has 2 aliphatic heterocycles. The zero-order valence-corrected chi connectivity index (χ0v) is 30.4. The molecule has 2 fully saturated rings. The number of hydrogen-bond donors (Lipinski definition) is 0. The Bertz CT molecular complexity index is 1500. The van der Waals surface area contributed by atoms with E-state index in [1.807, 2.05) is 68.1 Å². The summed E-state index contributed by atoms with van der Waals surface area (Å²) in [6, 6.07) is 16.9. The number of ether oxygens (including phenoxy) is 2. The van der Waals surface area contributed by atoms with Gasteiger partial charge < -0.3 is 19.3 Å². The van der Waals surface area contributed by atoms with Crippen LogP contribution in [0.4, 0.5) is 21.0 Å². The highest BCUT2D eigenvalue weighted by molar-refractivity contribution is 5.97. The summed E-state index contributed by atoms with van der Waals surface area (Å²) >= 11 is 0. The Morgan fingerprint density at radius 2 is 0.980 bits per heavy atom. The van der Waals surface area contributed by atoms with Crippen LogP contribution in [-0.4, -0.2) is 72.3 Å². The molecular formula is C42H52N4O4. The minimum atomic E-state index is 0.108. The minimum Gasteiger partial charge on any atom is -0.364 e. The molecule has 4 amide bonds. The van der Waals surface area contributed by atoms with Crippen molar-refractivity contribution in [2.24, 2.45) is 23.7 Å². The van der Waals surface area contributed by atoms with Gasteiger partial charge >= 0.3 is 12.1 Å². The summed E-state index contributed by atoms with van der Waals surface area (Å²) in [5, 5.41) is 0. The molecule has 8 nitrogen and oxygen atoms in total. The SMILES string of the molecule is C#CCOCc1ccc(N2C(=O)N(CC(C)C)[C@@H]3[C@@H](C)C=C[C@@H]32)cc1.C#CCOCc1ccc(N2C(=O)N(CC(C)C)[C@H]3[C@H](C)C=C[C@H]32)cc1. The van der Waals surface area contributed by atoms with Crippen molar-refractivity contribution in [1.82, 2.24) is 9.80 Å². The Labute approximate surface area is 299 Å². The normalized spacial score (nSPS) is 24.9. The zero-order chi connectivity index (χ0) is 35.9. The molecule has 2 aromatic carbocycles. The predicted molar refractivity (Wildman–Crippen MR) is 200 cm³/mol. The summed E-state index contributed by atoms with van der Waals surface area (Å²) in [6.07, 6.45) is 19.2. The molecule has 2 heterocycles. The zero-order valence-electron chi connectivity index (χ0n) is 30.4. The average molecular weight is 677 g/mol. The Balaban J connectivity index is 0.000000194. The first-order valence-electron chi connectivity index (χ1n) is 17.8. The third-order valence-corrected chi connectivity index (χ3v) is 9.68. The fraction of sp³-hybridized carbons (Fsp3) is 0.476. The number of hydrogen-bond acceptors (Lipinski definition) is 4. The van der Waals surface area contributed by atoms with E-state index < -0.39 is 0 Å². The number of amides is 4. The van der Waals surface area contributed by atoms with Crippen LogP contribution in [-0.2, 0) is 22.7 Å². The van der Waals surface area contributed by atoms with Crippen molar-refractivity contribution < 1.29 is 19.1 Å². The summed E-state index contributed by atoms with van der Waals surface area (Å²) in [7, 11) is 0. The van der Waals surface area contributed by atoms with Gasteiger partial charge in [-0.15, -0.1) is 12.8 Å². The summed E-state index contributed by atoms with van der Waals surface area (Å²) in [5.41, 5.74) is 3.98. The first kappa shape index (κ1) is 36.8. The molecule has 2 saturated heterocycles. The standard InChI is InChI=1S/2C21H26N2O2/c2*1-5-12-25-14-17-7-9-18(10-8-17)23-19-11-6-16(4)20(19)22(21(23)24)13-15(2)3/h2*1,6-11,15-16,19-20H,12-14H2,2-4H3/t2*16-,19-,20+/m10/s1. The second kappa shape index (κ2) is 16.5. The van der Waals surface area contributed by atoms with Crippen LogP contribution in [0.2, 0.25) is 0 Å². The molecular weight excluding hydrogens is 624 g/mol. The molecule has 0 N–H and O–H groups in total. The van der Waals surface area contributed by atoms with Crippen LogP contribution < -0.4 is 9.80 Å². The van der Waals surface area contributed by atoms with Crippen LogP contribution in [0.3, 0.4) is 0 Å². The summed E-state index contributed by atoms with van der Waals surface area (Å²) < 4.78 is 10.7. The van der Waals surface area contributed by atoms with E-state index in [1.165, 1.54) is 0 Å². The Hall–Kier alpha value is -4.50. The number of carbonyl (C=O) groups is 2. The van der Waals surface area contributed by atoms with Crippen molar-refractivity contribution in [2.45, 2.75) is 78.9 Å². The molecule has 8 heteroatoms. The number of anilines is 2. The lowest BCUT2D eigenvalue weighted by atomic mass is 10.0. The van der Waals surface area contributed by atoms with Gasteiger partial charge in [0, 0.05) is 24.5 Å². The summed E-state index contributed by atoms with van der Waals surface area (Å²) in [6.45, 7) is 16.2. The van der Waals surface area contributed by atoms with Crippen molar-refractivity contribution in [2.75, 3.05) is 36.1 Å². The number of rotatable bonds is 12. The third kappa shape index (κ3) is 7.94. The van der Waals surface area contributed by atoms with Gasteiger partial charge in [-0.05, 0) is 59.1 Å². The maximum atomic E-state index is 13.1. The molecule has 2 aromatic rings. The van der Waals surface area contributed by atoms with E-state index in [0.29, 0.717) is 50.1 Å². The third-order valence-electron chi connectivity index (χ3n) is 9.68. The van der Waals surface area contributed by atoms with Crippen LogP contribution in [0.5, 0.6) is 0 Å². The number of urea groups is 2. The molecule has 2 aliphatic carbocycles. The number of nitrogens with zero attached hydrogens (tertiary/aromatic N) is 4. The minimum absolute atomic E-state index is 0.108. The molecule has 4 aliphatic rings. The maximum absolute atomic E-state index is 13.1. The number of fused-ring (bicyclic) bond motifs is 2. The molecule has 0 saturated carbocycles. The molecule has 0 radical (unpaired) electrons. The molecule has 0 aromatic heterocycles. The van der Waals surface area contributed by atoms with Crippen LogP contribution in [0.25, 0.3) is 0 Å². The van der Waals surface area contributed by atoms with Crippen LogP contribution in [0.1, 0.15) is 52.7 Å². The largest absolute Gasteiger partial charge is 0.364 e. The Morgan fingerprint density at radius 3 is 1.30 bits per heavy atom.